The van der Waals surface area contributed by atoms with E-state index in [1.165, 1.54) is 0 Å². The highest BCUT2D eigenvalue weighted by Gasteiger charge is 2.23. The summed E-state index contributed by atoms with van der Waals surface area (Å²) in [4.78, 5) is 44.2. The Hall–Kier alpha value is -7.80. The minimum absolute atomic E-state index is 0.165. The number of nitrogens with two attached hydrogens (primary N) is 2. The second-order valence-corrected chi connectivity index (χ2v) is 13.5. The summed E-state index contributed by atoms with van der Waals surface area (Å²) in [6, 6.07) is 39.4. The van der Waals surface area contributed by atoms with Crippen LogP contribution in [0, 0.1) is 0 Å². The van der Waals surface area contributed by atoms with Crippen LogP contribution in [0.4, 0.5) is 40.1 Å². The molecule has 0 unspecified atom stereocenters. The van der Waals surface area contributed by atoms with Crippen LogP contribution in [0.3, 0.4) is 0 Å². The summed E-state index contributed by atoms with van der Waals surface area (Å²) >= 11 is 0. The van der Waals surface area contributed by atoms with Crippen LogP contribution >= 0.6 is 0 Å². The van der Waals surface area contributed by atoms with Crippen LogP contribution in [-0.4, -0.2) is 50.9 Å². The molecule has 0 aliphatic carbocycles. The van der Waals surface area contributed by atoms with Gasteiger partial charge in [-0.15, -0.1) is 0 Å². The maximum absolute atomic E-state index is 12.5. The van der Waals surface area contributed by atoms with Crippen molar-refractivity contribution in [1.29, 1.82) is 0 Å². The summed E-state index contributed by atoms with van der Waals surface area (Å²) in [5.74, 6) is 0.152. The number of rotatable bonds is 11. The monoisotopic (exact) mass is 769 g/mol. The van der Waals surface area contributed by atoms with Crippen molar-refractivity contribution in [2.45, 2.75) is 19.0 Å². The first-order chi connectivity index (χ1) is 28.4. The van der Waals surface area contributed by atoms with Crippen LogP contribution in [0.2, 0.25) is 0 Å². The molecule has 0 radical (unpaired) electrons. The molecule has 8 N–H and O–H groups in total. The van der Waals surface area contributed by atoms with Gasteiger partial charge in [-0.1, -0.05) is 36.4 Å². The molecule has 13 heteroatoms. The molecule has 1 atom stereocenters. The predicted molar refractivity (Wildman–Crippen MR) is 232 cm³/mol. The number of hydrogen-bond donors (Lipinski definition) is 6. The lowest BCUT2D eigenvalue weighted by Gasteiger charge is -2.20. The third kappa shape index (κ3) is 10.3. The van der Waals surface area contributed by atoms with E-state index in [-0.39, 0.29) is 11.8 Å². The molecule has 4 heterocycles. The van der Waals surface area contributed by atoms with Gasteiger partial charge in [0.2, 0.25) is 5.95 Å². The third-order valence-electron chi connectivity index (χ3n) is 9.41. The van der Waals surface area contributed by atoms with Crippen molar-refractivity contribution in [2.24, 2.45) is 0 Å². The van der Waals surface area contributed by atoms with E-state index in [4.69, 9.17) is 11.5 Å². The molecule has 0 saturated carbocycles. The Labute approximate surface area is 336 Å². The Kier molecular flexibility index (Phi) is 12.4. The van der Waals surface area contributed by atoms with E-state index in [0.717, 1.165) is 47.7 Å². The number of carbonyl (C=O) groups is 2. The van der Waals surface area contributed by atoms with E-state index in [9.17, 15) is 9.59 Å². The molecule has 58 heavy (non-hydrogen) atoms. The zero-order chi connectivity index (χ0) is 40.1. The van der Waals surface area contributed by atoms with Gasteiger partial charge in [-0.3, -0.25) is 19.6 Å². The number of aromatic nitrogens is 4. The summed E-state index contributed by atoms with van der Waals surface area (Å²) in [5.41, 5.74) is 20.1. The Morgan fingerprint density at radius 2 is 1.29 bits per heavy atom. The van der Waals surface area contributed by atoms with Gasteiger partial charge < -0.3 is 37.6 Å². The van der Waals surface area contributed by atoms with Gasteiger partial charge in [0, 0.05) is 79.0 Å². The van der Waals surface area contributed by atoms with Crippen molar-refractivity contribution < 1.29 is 9.59 Å². The number of pyridine rings is 2. The average Bonchev–Trinajstić information content (AvgIpc) is 3.74. The Morgan fingerprint density at radius 3 is 1.90 bits per heavy atom. The van der Waals surface area contributed by atoms with Gasteiger partial charge >= 0.3 is 0 Å². The molecule has 0 bridgehead atoms. The zero-order valence-electron chi connectivity index (χ0n) is 31.6. The number of amides is 2. The van der Waals surface area contributed by atoms with Crippen molar-refractivity contribution in [3.05, 3.63) is 175 Å². The number of hydrogen-bond acceptors (Lipinski definition) is 11. The first-order valence-corrected chi connectivity index (χ1v) is 18.8. The Morgan fingerprint density at radius 1 is 0.672 bits per heavy atom. The van der Waals surface area contributed by atoms with E-state index in [1.807, 2.05) is 97.2 Å². The van der Waals surface area contributed by atoms with Crippen molar-refractivity contribution >= 4 is 51.9 Å². The van der Waals surface area contributed by atoms with E-state index >= 15 is 0 Å². The first-order valence-electron chi connectivity index (χ1n) is 18.8. The zero-order valence-corrected chi connectivity index (χ0v) is 31.6. The highest BCUT2D eigenvalue weighted by atomic mass is 16.2. The SMILES string of the molecule is Nc1ccccc1NC(=O)c1ccc(CNc2nccc(-c3cccnc3)n2)cc1.Nc1ccccc1NC(=O)c1ccc(N2CC[C@H](Nc3cccnc3)C2)cc1. The number of carbonyl (C=O) groups excluding carboxylic acids is 2. The summed E-state index contributed by atoms with van der Waals surface area (Å²) in [6.45, 7) is 2.43. The van der Waals surface area contributed by atoms with E-state index in [0.29, 0.717) is 52.4 Å². The predicted octanol–water partition coefficient (Wildman–Crippen LogP) is 7.59. The highest BCUT2D eigenvalue weighted by Crippen LogP contribution is 2.24. The molecule has 2 amide bonds. The fourth-order valence-electron chi connectivity index (χ4n) is 6.30. The van der Waals surface area contributed by atoms with Gasteiger partial charge in [-0.2, -0.15) is 0 Å². The molecule has 1 saturated heterocycles. The summed E-state index contributed by atoms with van der Waals surface area (Å²) in [6.07, 6.45) is 9.87. The Balaban J connectivity index is 0.000000177. The molecule has 4 aromatic carbocycles. The van der Waals surface area contributed by atoms with E-state index in [2.05, 4.69) is 46.1 Å². The lowest BCUT2D eigenvalue weighted by molar-refractivity contribution is 0.101. The maximum Gasteiger partial charge on any atom is 0.255 e. The van der Waals surface area contributed by atoms with E-state index in [1.54, 1.807) is 61.2 Å². The topological polar surface area (TPSA) is 189 Å². The molecule has 1 aliphatic heterocycles. The van der Waals surface area contributed by atoms with Crippen LogP contribution in [0.15, 0.2) is 158 Å². The van der Waals surface area contributed by atoms with Gasteiger partial charge in [0.1, 0.15) is 0 Å². The molecule has 3 aromatic heterocycles. The summed E-state index contributed by atoms with van der Waals surface area (Å²) < 4.78 is 0. The normalized spacial score (nSPS) is 13.1. The largest absolute Gasteiger partial charge is 0.397 e. The van der Waals surface area contributed by atoms with Gasteiger partial charge in [0.15, 0.2) is 0 Å². The number of nitrogens with zero attached hydrogens (tertiary/aromatic N) is 5. The van der Waals surface area contributed by atoms with Crippen molar-refractivity contribution in [2.75, 3.05) is 50.7 Å². The second kappa shape index (κ2) is 18.7. The molecule has 290 valence electrons. The highest BCUT2D eigenvalue weighted by molar-refractivity contribution is 6.06. The molecule has 13 nitrogen and oxygen atoms in total. The number of benzene rings is 4. The van der Waals surface area contributed by atoms with Crippen LogP contribution in [0.25, 0.3) is 11.3 Å². The second-order valence-electron chi connectivity index (χ2n) is 13.5. The van der Waals surface area contributed by atoms with Crippen LogP contribution in [0.1, 0.15) is 32.7 Å². The summed E-state index contributed by atoms with van der Waals surface area (Å²) in [7, 11) is 0. The van der Waals surface area contributed by atoms with E-state index < -0.39 is 0 Å². The third-order valence-corrected chi connectivity index (χ3v) is 9.41. The van der Waals surface area contributed by atoms with Gasteiger partial charge in [-0.05, 0) is 103 Å². The molecule has 0 spiro atoms. The minimum Gasteiger partial charge on any atom is -0.397 e. The number of nitrogen functional groups attached to an aromatic ring is 2. The Bertz CT molecular complexity index is 2430. The van der Waals surface area contributed by atoms with Gasteiger partial charge in [0.25, 0.3) is 11.8 Å². The lowest BCUT2D eigenvalue weighted by atomic mass is 10.1. The lowest BCUT2D eigenvalue weighted by Crippen LogP contribution is -2.26. The van der Waals surface area contributed by atoms with Gasteiger partial charge in [0.05, 0.1) is 34.1 Å². The molecule has 1 fully saturated rings. The molecule has 1 aliphatic rings. The standard InChI is InChI=1S/C23H20N6O.C22H23N5O/c24-19-5-1-2-6-21(19)28-22(30)17-9-7-16(8-10-17)14-27-23-26-13-11-20(29-23)18-4-3-12-25-15-18;23-20-5-1-2-6-21(20)26-22(28)16-7-9-19(10-8-16)27-13-11-18(15-27)25-17-4-3-12-24-14-17/h1-13,15H,14,24H2,(H,28,30)(H,26,27,29);1-10,12,14,18,25H,11,13,15,23H2,(H,26,28)/t;18-/m.0/s1. The van der Waals surface area contributed by atoms with Crippen molar-refractivity contribution in [1.82, 2.24) is 19.9 Å². The quantitative estimate of drug-likeness (QED) is 0.0711. The molecular formula is C45H43N11O2. The van der Waals surface area contributed by atoms with Crippen LogP contribution in [0.5, 0.6) is 0 Å². The van der Waals surface area contributed by atoms with Crippen molar-refractivity contribution in [3.8, 4) is 11.3 Å². The fraction of sp³-hybridized carbons (Fsp3) is 0.111. The number of anilines is 7. The average molecular weight is 770 g/mol. The molecule has 7 aromatic rings. The van der Waals surface area contributed by atoms with Gasteiger partial charge in [-0.25, -0.2) is 9.97 Å². The molecular weight excluding hydrogens is 727 g/mol. The molecule has 8 rings (SSSR count). The first kappa shape index (κ1) is 38.5. The number of para-hydroxylation sites is 4. The smallest absolute Gasteiger partial charge is 0.255 e. The van der Waals surface area contributed by atoms with Crippen LogP contribution < -0.4 is 37.6 Å². The minimum atomic E-state index is -0.208. The number of nitrogens with one attached hydrogen (secondary N) is 4. The fourth-order valence-corrected chi connectivity index (χ4v) is 6.30. The summed E-state index contributed by atoms with van der Waals surface area (Å²) in [5, 5.41) is 12.4. The van der Waals surface area contributed by atoms with Crippen LogP contribution in [-0.2, 0) is 6.54 Å². The van der Waals surface area contributed by atoms with Crippen molar-refractivity contribution in [3.63, 3.8) is 0 Å². The maximum atomic E-state index is 12.5.